The Morgan fingerprint density at radius 3 is 1.79 bits per heavy atom. The second-order valence-electron chi connectivity index (χ2n) is 11.0. The van der Waals surface area contributed by atoms with Crippen molar-refractivity contribution in [1.82, 2.24) is 9.97 Å². The molecular formula is C29H29F17N2O5. The predicted octanol–water partition coefficient (Wildman–Crippen LogP) is 9.99. The Balaban J connectivity index is 1.88. The first kappa shape index (κ1) is 45.7. The van der Waals surface area contributed by atoms with E-state index in [0.29, 0.717) is 12.4 Å². The lowest BCUT2D eigenvalue weighted by atomic mass is 10.1. The second-order valence-corrected chi connectivity index (χ2v) is 11.0. The molecule has 0 saturated carbocycles. The van der Waals surface area contributed by atoms with Gasteiger partial charge in [-0.1, -0.05) is 39.0 Å². The summed E-state index contributed by atoms with van der Waals surface area (Å²) in [7, 11) is 0. The summed E-state index contributed by atoms with van der Waals surface area (Å²) in [6, 6.07) is 3.10. The molecule has 0 aliphatic carbocycles. The van der Waals surface area contributed by atoms with Crippen LogP contribution in [-0.4, -0.2) is 85.0 Å². The van der Waals surface area contributed by atoms with E-state index in [1.807, 2.05) is 0 Å². The van der Waals surface area contributed by atoms with E-state index in [0.717, 1.165) is 50.7 Å². The van der Waals surface area contributed by atoms with Gasteiger partial charge in [0.15, 0.2) is 29.3 Å². The van der Waals surface area contributed by atoms with E-state index in [-0.39, 0.29) is 11.4 Å². The number of alkyl halides is 16. The molecular weight excluding hydrogens is 779 g/mol. The molecule has 0 fully saturated rings. The highest BCUT2D eigenvalue weighted by atomic mass is 19.4. The first-order valence-electron chi connectivity index (χ1n) is 15.0. The summed E-state index contributed by atoms with van der Waals surface area (Å²) < 4.78 is 243. The van der Waals surface area contributed by atoms with Crippen molar-refractivity contribution in [3.63, 3.8) is 0 Å². The van der Waals surface area contributed by atoms with E-state index in [9.17, 15) is 74.6 Å². The fraction of sp³-hybridized carbons (Fsp3) is 0.655. The summed E-state index contributed by atoms with van der Waals surface area (Å²) in [6.45, 7) is -2.79. The van der Waals surface area contributed by atoms with Crippen LogP contribution in [0.1, 0.15) is 45.4 Å². The van der Waals surface area contributed by atoms with Crippen molar-refractivity contribution in [2.75, 3.05) is 26.4 Å². The zero-order valence-corrected chi connectivity index (χ0v) is 26.9. The normalized spacial score (nSPS) is 14.4. The summed E-state index contributed by atoms with van der Waals surface area (Å²) in [5.74, 6) is -17.2. The number of unbranched alkanes of at least 4 members (excludes halogenated alkanes) is 5. The number of hydrogen-bond donors (Lipinski definition) is 0. The highest BCUT2D eigenvalue weighted by Gasteiger charge is 2.85. The number of rotatable bonds is 23. The van der Waals surface area contributed by atoms with Gasteiger partial charge in [0, 0.05) is 5.56 Å². The average Bonchev–Trinajstić information content (AvgIpc) is 3.02. The van der Waals surface area contributed by atoms with E-state index in [2.05, 4.69) is 26.4 Å². The van der Waals surface area contributed by atoms with Crippen molar-refractivity contribution in [1.29, 1.82) is 0 Å². The number of benzene rings is 1. The first-order valence-corrected chi connectivity index (χ1v) is 15.0. The Morgan fingerprint density at radius 1 is 0.660 bits per heavy atom. The molecule has 0 radical (unpaired) electrons. The van der Waals surface area contributed by atoms with E-state index in [4.69, 9.17) is 9.47 Å². The molecule has 0 bridgehead atoms. The largest absolute Gasteiger partial charge is 0.490 e. The standard InChI is InChI=1S/C29H29F17N2O5/c1-2-3-4-5-6-7-10-50-19-12-47-22(48-13-19)17-8-9-21(20(31)11-17)51-15-18(30)14-49-16-23(32,33)52-28(43,44)29(45,46)53-27(41,42)25(36,37)24(34,35)26(38,39)40/h8-9,11-13,18H,2-7,10,14-16H2,1H3. The minimum absolute atomic E-state index is 0.0480. The maximum atomic E-state index is 14.5. The van der Waals surface area contributed by atoms with Crippen LogP contribution in [0.15, 0.2) is 30.6 Å². The van der Waals surface area contributed by atoms with E-state index < -0.39 is 80.0 Å². The van der Waals surface area contributed by atoms with Crippen molar-refractivity contribution in [3.8, 4) is 22.9 Å². The summed E-state index contributed by atoms with van der Waals surface area (Å²) in [6.07, 6.45) is -29.2. The molecule has 1 aromatic heterocycles. The molecule has 0 spiro atoms. The second kappa shape index (κ2) is 17.8. The van der Waals surface area contributed by atoms with Crippen molar-refractivity contribution < 1.29 is 98.3 Å². The van der Waals surface area contributed by atoms with Gasteiger partial charge in [-0.15, -0.1) is 0 Å². The van der Waals surface area contributed by atoms with Gasteiger partial charge in [0.2, 0.25) is 0 Å². The van der Waals surface area contributed by atoms with E-state index in [1.165, 1.54) is 23.2 Å². The summed E-state index contributed by atoms with van der Waals surface area (Å²) in [4.78, 5) is 8.10. The number of nitrogens with zero attached hydrogens (tertiary/aromatic N) is 2. The third-order valence-electron chi connectivity index (χ3n) is 6.56. The Hall–Kier alpha value is -3.41. The number of aromatic nitrogens is 2. The molecule has 1 unspecified atom stereocenters. The fourth-order valence-electron chi connectivity index (χ4n) is 3.82. The van der Waals surface area contributed by atoms with Crippen molar-refractivity contribution in [3.05, 3.63) is 36.4 Å². The van der Waals surface area contributed by atoms with Crippen LogP contribution in [0.5, 0.6) is 11.5 Å². The van der Waals surface area contributed by atoms with Crippen LogP contribution >= 0.6 is 0 Å². The number of ether oxygens (including phenoxy) is 5. The summed E-state index contributed by atoms with van der Waals surface area (Å²) >= 11 is 0. The van der Waals surface area contributed by atoms with Crippen LogP contribution in [0.3, 0.4) is 0 Å². The van der Waals surface area contributed by atoms with Crippen molar-refractivity contribution in [2.45, 2.75) is 94.1 Å². The van der Waals surface area contributed by atoms with Crippen LogP contribution in [0.4, 0.5) is 74.6 Å². The molecule has 1 atom stereocenters. The minimum atomic E-state index is -7.99. The van der Waals surface area contributed by atoms with Crippen molar-refractivity contribution >= 4 is 0 Å². The average molecular weight is 809 g/mol. The van der Waals surface area contributed by atoms with Gasteiger partial charge in [0.25, 0.3) is 0 Å². The van der Waals surface area contributed by atoms with Crippen LogP contribution in [0.2, 0.25) is 0 Å². The Kier molecular flexibility index (Phi) is 15.4. The van der Waals surface area contributed by atoms with Gasteiger partial charge >= 0.3 is 42.5 Å². The molecule has 0 aliphatic rings. The highest BCUT2D eigenvalue weighted by Crippen LogP contribution is 2.56. The molecule has 2 rings (SSSR count). The third kappa shape index (κ3) is 12.3. The molecule has 53 heavy (non-hydrogen) atoms. The Labute approximate surface area is 288 Å². The van der Waals surface area contributed by atoms with Gasteiger partial charge < -0.3 is 14.2 Å². The molecule has 7 nitrogen and oxygen atoms in total. The van der Waals surface area contributed by atoms with Crippen molar-refractivity contribution in [2.24, 2.45) is 0 Å². The summed E-state index contributed by atoms with van der Waals surface area (Å²) in [5.41, 5.74) is 0.129. The topological polar surface area (TPSA) is 71.9 Å². The van der Waals surface area contributed by atoms with Crippen LogP contribution in [0, 0.1) is 5.82 Å². The third-order valence-corrected chi connectivity index (χ3v) is 6.56. The van der Waals surface area contributed by atoms with Crippen LogP contribution < -0.4 is 9.47 Å². The number of halogens is 17. The minimum Gasteiger partial charge on any atom is -0.490 e. The van der Waals surface area contributed by atoms with Gasteiger partial charge in [-0.2, -0.15) is 65.9 Å². The Bertz CT molecular complexity index is 1430. The zero-order valence-electron chi connectivity index (χ0n) is 26.9. The number of hydrogen-bond acceptors (Lipinski definition) is 7. The maximum Gasteiger partial charge on any atom is 0.460 e. The van der Waals surface area contributed by atoms with Gasteiger partial charge in [-0.05, 0) is 24.6 Å². The van der Waals surface area contributed by atoms with E-state index >= 15 is 0 Å². The van der Waals surface area contributed by atoms with Gasteiger partial charge in [-0.25, -0.2) is 28.2 Å². The molecule has 0 aliphatic heterocycles. The van der Waals surface area contributed by atoms with Gasteiger partial charge in [-0.3, -0.25) is 0 Å². The predicted molar refractivity (Wildman–Crippen MR) is 145 cm³/mol. The lowest BCUT2D eigenvalue weighted by Crippen LogP contribution is -2.64. The molecule has 0 saturated heterocycles. The monoisotopic (exact) mass is 808 g/mol. The van der Waals surface area contributed by atoms with Crippen LogP contribution in [0.25, 0.3) is 11.4 Å². The molecule has 304 valence electrons. The molecule has 0 N–H and O–H groups in total. The van der Waals surface area contributed by atoms with E-state index in [1.54, 1.807) is 0 Å². The van der Waals surface area contributed by atoms with Gasteiger partial charge in [0.05, 0.1) is 25.6 Å². The molecule has 1 heterocycles. The van der Waals surface area contributed by atoms with Gasteiger partial charge in [0.1, 0.15) is 13.2 Å². The smallest absolute Gasteiger partial charge is 0.460 e. The highest BCUT2D eigenvalue weighted by molar-refractivity contribution is 5.56. The lowest BCUT2D eigenvalue weighted by Gasteiger charge is -2.36. The fourth-order valence-corrected chi connectivity index (χ4v) is 3.82. The SMILES string of the molecule is CCCCCCCCOc1cnc(-c2ccc(OCC(F)COCC(F)(F)OC(F)(F)C(F)(F)OC(F)(F)C(F)(F)C(F)(F)C(F)(F)F)c(F)c2)nc1. The quantitative estimate of drug-likeness (QED) is 0.0818. The molecule has 24 heteroatoms. The Morgan fingerprint density at radius 2 is 1.23 bits per heavy atom. The zero-order chi connectivity index (χ0) is 40.5. The maximum absolute atomic E-state index is 14.5. The molecule has 1 aromatic carbocycles. The van der Waals surface area contributed by atoms with Crippen LogP contribution in [-0.2, 0) is 14.2 Å². The molecule has 2 aromatic rings. The molecule has 0 amide bonds. The lowest BCUT2D eigenvalue weighted by molar-refractivity contribution is -0.543. The summed E-state index contributed by atoms with van der Waals surface area (Å²) in [5, 5.41) is 0. The first-order chi connectivity index (χ1) is 24.2.